The number of hydrogen-bond acceptors (Lipinski definition) is 2. The van der Waals surface area contributed by atoms with Crippen molar-refractivity contribution in [1.29, 1.82) is 0 Å². The predicted molar refractivity (Wildman–Crippen MR) is 106 cm³/mol. The summed E-state index contributed by atoms with van der Waals surface area (Å²) in [5.74, 6) is 0.804. The van der Waals surface area contributed by atoms with Gasteiger partial charge in [-0.2, -0.15) is 0 Å². The van der Waals surface area contributed by atoms with Gasteiger partial charge in [0.15, 0.2) is 0 Å². The van der Waals surface area contributed by atoms with Gasteiger partial charge in [-0.3, -0.25) is 4.79 Å². The Morgan fingerprint density at radius 1 is 1.00 bits per heavy atom. The van der Waals surface area contributed by atoms with Crippen LogP contribution in [0.5, 0.6) is 0 Å². The Morgan fingerprint density at radius 3 is 2.27 bits per heavy atom. The van der Waals surface area contributed by atoms with Gasteiger partial charge < -0.3 is 9.88 Å². The molecule has 134 valence electrons. The lowest BCUT2D eigenvalue weighted by Gasteiger charge is -2.21. The molecule has 0 unspecified atom stereocenters. The number of hydrogen-bond donors (Lipinski definition) is 1. The van der Waals surface area contributed by atoms with Crippen LogP contribution in [0.4, 0.5) is 0 Å². The number of carbonyl (C=O) groups is 1. The molecule has 1 amide bonds. The van der Waals surface area contributed by atoms with E-state index < -0.39 is 0 Å². The first kappa shape index (κ1) is 17.9. The van der Waals surface area contributed by atoms with Crippen LogP contribution in [0.1, 0.15) is 42.5 Å². The molecular formula is C22H25N3O. The third kappa shape index (κ3) is 4.02. The van der Waals surface area contributed by atoms with Crippen LogP contribution >= 0.6 is 0 Å². The third-order valence-electron chi connectivity index (χ3n) is 4.16. The fourth-order valence-corrected chi connectivity index (χ4v) is 2.86. The summed E-state index contributed by atoms with van der Waals surface area (Å²) in [6.07, 6.45) is 3.68. The molecule has 0 saturated carbocycles. The molecule has 0 aliphatic rings. The topological polar surface area (TPSA) is 46.9 Å². The van der Waals surface area contributed by atoms with Crippen LogP contribution in [-0.4, -0.2) is 21.0 Å². The molecular weight excluding hydrogens is 322 g/mol. The standard InChI is InChI=1S/C22H25N3O/c1-15-6-8-17(9-7-15)18-12-19(21(26)24-22(3,4)5)14-20(13-18)25-11-10-23-16(25)2/h6-14H,1-5H3,(H,24,26). The molecule has 0 aliphatic carbocycles. The number of benzene rings is 2. The van der Waals surface area contributed by atoms with Crippen molar-refractivity contribution in [2.24, 2.45) is 0 Å². The molecule has 0 saturated heterocycles. The van der Waals surface area contributed by atoms with Crippen molar-refractivity contribution >= 4 is 5.91 Å². The Morgan fingerprint density at radius 2 is 1.69 bits per heavy atom. The molecule has 0 aliphatic heterocycles. The molecule has 3 aromatic rings. The van der Waals surface area contributed by atoms with Crippen LogP contribution in [0, 0.1) is 13.8 Å². The lowest BCUT2D eigenvalue weighted by Crippen LogP contribution is -2.40. The minimum atomic E-state index is -0.290. The Hall–Kier alpha value is -2.88. The lowest BCUT2D eigenvalue weighted by molar-refractivity contribution is 0.0919. The maximum atomic E-state index is 12.8. The quantitative estimate of drug-likeness (QED) is 0.747. The highest BCUT2D eigenvalue weighted by Crippen LogP contribution is 2.26. The first-order valence-corrected chi connectivity index (χ1v) is 8.78. The van der Waals surface area contributed by atoms with E-state index in [2.05, 4.69) is 47.6 Å². The summed E-state index contributed by atoms with van der Waals surface area (Å²) < 4.78 is 1.99. The summed E-state index contributed by atoms with van der Waals surface area (Å²) in [6, 6.07) is 14.3. The van der Waals surface area contributed by atoms with E-state index in [1.807, 2.05) is 50.6 Å². The molecule has 0 spiro atoms. The molecule has 0 atom stereocenters. The maximum Gasteiger partial charge on any atom is 0.251 e. The average Bonchev–Trinajstić information content (AvgIpc) is 2.99. The number of aryl methyl sites for hydroxylation is 2. The fraction of sp³-hybridized carbons (Fsp3) is 0.273. The zero-order valence-electron chi connectivity index (χ0n) is 16.0. The minimum Gasteiger partial charge on any atom is -0.347 e. The van der Waals surface area contributed by atoms with Crippen molar-refractivity contribution in [1.82, 2.24) is 14.9 Å². The largest absolute Gasteiger partial charge is 0.347 e. The zero-order valence-corrected chi connectivity index (χ0v) is 16.0. The van der Waals surface area contributed by atoms with Gasteiger partial charge in [-0.1, -0.05) is 29.8 Å². The average molecular weight is 347 g/mol. The SMILES string of the molecule is Cc1ccc(-c2cc(C(=O)NC(C)(C)C)cc(-n3ccnc3C)c2)cc1. The number of rotatable bonds is 3. The van der Waals surface area contributed by atoms with Crippen molar-refractivity contribution < 1.29 is 4.79 Å². The first-order valence-electron chi connectivity index (χ1n) is 8.78. The highest BCUT2D eigenvalue weighted by Gasteiger charge is 2.17. The minimum absolute atomic E-state index is 0.0783. The van der Waals surface area contributed by atoms with Crippen molar-refractivity contribution in [3.8, 4) is 16.8 Å². The van der Waals surface area contributed by atoms with Gasteiger partial charge in [0, 0.05) is 29.2 Å². The molecule has 3 rings (SSSR count). The van der Waals surface area contributed by atoms with Gasteiger partial charge in [0.1, 0.15) is 5.82 Å². The van der Waals surface area contributed by atoms with E-state index in [4.69, 9.17) is 0 Å². The van der Waals surface area contributed by atoms with Crippen LogP contribution in [0.2, 0.25) is 0 Å². The van der Waals surface area contributed by atoms with Crippen LogP contribution in [0.3, 0.4) is 0 Å². The second kappa shape index (κ2) is 6.79. The molecule has 0 bridgehead atoms. The summed E-state index contributed by atoms with van der Waals surface area (Å²) in [6.45, 7) is 9.96. The van der Waals surface area contributed by atoms with Crippen LogP contribution in [0.15, 0.2) is 54.9 Å². The number of imidazole rings is 1. The number of nitrogens with one attached hydrogen (secondary N) is 1. The van der Waals surface area contributed by atoms with E-state index in [1.165, 1.54) is 5.56 Å². The molecule has 0 radical (unpaired) electrons. The molecule has 2 aromatic carbocycles. The smallest absolute Gasteiger partial charge is 0.251 e. The lowest BCUT2D eigenvalue weighted by atomic mass is 9.99. The third-order valence-corrected chi connectivity index (χ3v) is 4.16. The summed E-state index contributed by atoms with van der Waals surface area (Å²) >= 11 is 0. The van der Waals surface area contributed by atoms with Crippen LogP contribution in [0.25, 0.3) is 16.8 Å². The number of carbonyl (C=O) groups excluding carboxylic acids is 1. The zero-order chi connectivity index (χ0) is 18.9. The van der Waals surface area contributed by atoms with E-state index in [0.717, 1.165) is 22.6 Å². The first-order chi connectivity index (χ1) is 12.2. The number of nitrogens with zero attached hydrogens (tertiary/aromatic N) is 2. The highest BCUT2D eigenvalue weighted by atomic mass is 16.1. The predicted octanol–water partition coefficient (Wildman–Crippen LogP) is 4.68. The second-order valence-electron chi connectivity index (χ2n) is 7.68. The number of aromatic nitrogens is 2. The van der Waals surface area contributed by atoms with E-state index in [1.54, 1.807) is 6.20 Å². The van der Waals surface area contributed by atoms with Gasteiger partial charge in [-0.05, 0) is 63.9 Å². The van der Waals surface area contributed by atoms with Crippen LogP contribution < -0.4 is 5.32 Å². The summed E-state index contributed by atoms with van der Waals surface area (Å²) in [7, 11) is 0. The molecule has 1 aromatic heterocycles. The van der Waals surface area contributed by atoms with Crippen molar-refractivity contribution in [3.05, 3.63) is 71.8 Å². The van der Waals surface area contributed by atoms with Crippen molar-refractivity contribution in [2.45, 2.75) is 40.2 Å². The van der Waals surface area contributed by atoms with Gasteiger partial charge in [0.2, 0.25) is 0 Å². The molecule has 4 heteroatoms. The van der Waals surface area contributed by atoms with Gasteiger partial charge in [0.05, 0.1) is 0 Å². The second-order valence-corrected chi connectivity index (χ2v) is 7.68. The molecule has 1 N–H and O–H groups in total. The van der Waals surface area contributed by atoms with Crippen molar-refractivity contribution in [2.75, 3.05) is 0 Å². The highest BCUT2D eigenvalue weighted by molar-refractivity contribution is 5.96. The summed E-state index contributed by atoms with van der Waals surface area (Å²) in [5, 5.41) is 3.05. The van der Waals surface area contributed by atoms with Gasteiger partial charge >= 0.3 is 0 Å². The molecule has 26 heavy (non-hydrogen) atoms. The van der Waals surface area contributed by atoms with E-state index in [-0.39, 0.29) is 11.4 Å². The Labute approximate surface area is 154 Å². The molecule has 1 heterocycles. The normalized spacial score (nSPS) is 11.4. The Balaban J connectivity index is 2.12. The van der Waals surface area contributed by atoms with E-state index in [0.29, 0.717) is 5.56 Å². The monoisotopic (exact) mass is 347 g/mol. The van der Waals surface area contributed by atoms with Gasteiger partial charge in [0.25, 0.3) is 5.91 Å². The summed E-state index contributed by atoms with van der Waals surface area (Å²) in [4.78, 5) is 17.1. The Bertz CT molecular complexity index is 931. The van der Waals surface area contributed by atoms with Gasteiger partial charge in [-0.25, -0.2) is 4.98 Å². The van der Waals surface area contributed by atoms with Crippen molar-refractivity contribution in [3.63, 3.8) is 0 Å². The van der Waals surface area contributed by atoms with E-state index in [9.17, 15) is 4.79 Å². The maximum absolute atomic E-state index is 12.8. The van der Waals surface area contributed by atoms with Crippen LogP contribution in [-0.2, 0) is 0 Å². The van der Waals surface area contributed by atoms with Gasteiger partial charge in [-0.15, -0.1) is 0 Å². The molecule has 4 nitrogen and oxygen atoms in total. The number of amides is 1. The summed E-state index contributed by atoms with van der Waals surface area (Å²) in [5.41, 5.74) is 4.58. The Kier molecular flexibility index (Phi) is 4.68. The molecule has 0 fully saturated rings. The fourth-order valence-electron chi connectivity index (χ4n) is 2.86. The van der Waals surface area contributed by atoms with E-state index >= 15 is 0 Å².